The number of benzene rings is 2. The van der Waals surface area contributed by atoms with Crippen LogP contribution in [0.1, 0.15) is 22.3 Å². The minimum absolute atomic E-state index is 0.139. The molecule has 1 aromatic heterocycles. The fraction of sp³-hybridized carbons (Fsp3) is 0.227. The Morgan fingerprint density at radius 3 is 2.70 bits per heavy atom. The Morgan fingerprint density at radius 1 is 1.20 bits per heavy atom. The summed E-state index contributed by atoms with van der Waals surface area (Å²) in [5.74, 6) is 0.210. The first-order chi connectivity index (χ1) is 14.5. The number of ether oxygens (including phenoxy) is 2. The highest BCUT2D eigenvalue weighted by molar-refractivity contribution is 5.97. The van der Waals surface area contributed by atoms with E-state index in [2.05, 4.69) is 11.1 Å². The van der Waals surface area contributed by atoms with Crippen molar-refractivity contribution < 1.29 is 19.2 Å². The molecule has 1 aliphatic heterocycles. The monoisotopic (exact) mass is 407 g/mol. The number of non-ortho nitro benzene ring substituents is 1. The molecule has 30 heavy (non-hydrogen) atoms. The second kappa shape index (κ2) is 7.90. The number of fused-ring (bicyclic) bond motifs is 1. The van der Waals surface area contributed by atoms with Crippen molar-refractivity contribution in [2.24, 2.45) is 0 Å². The molecular weight excluding hydrogens is 386 g/mol. The van der Waals surface area contributed by atoms with Gasteiger partial charge in [0, 0.05) is 47.9 Å². The van der Waals surface area contributed by atoms with E-state index in [4.69, 9.17) is 9.47 Å². The van der Waals surface area contributed by atoms with Crippen LogP contribution in [-0.4, -0.2) is 43.2 Å². The molecular formula is C22H21N3O5. The fourth-order valence-corrected chi connectivity index (χ4v) is 3.81. The van der Waals surface area contributed by atoms with E-state index in [1.54, 1.807) is 13.2 Å². The first kappa shape index (κ1) is 19.5. The van der Waals surface area contributed by atoms with Crippen LogP contribution < -0.4 is 9.64 Å². The van der Waals surface area contributed by atoms with E-state index >= 15 is 0 Å². The zero-order valence-electron chi connectivity index (χ0n) is 16.7. The van der Waals surface area contributed by atoms with Crippen LogP contribution in [0.3, 0.4) is 0 Å². The van der Waals surface area contributed by atoms with E-state index in [0.717, 1.165) is 28.6 Å². The number of nitrogens with one attached hydrogen (secondary N) is 1. The van der Waals surface area contributed by atoms with Crippen molar-refractivity contribution in [1.82, 2.24) is 4.98 Å². The molecule has 8 nitrogen and oxygen atoms in total. The van der Waals surface area contributed by atoms with Gasteiger partial charge in [-0.3, -0.25) is 10.1 Å². The molecule has 1 aliphatic rings. The number of aromatic nitrogens is 1. The minimum atomic E-state index is -0.591. The number of anilines is 1. The molecule has 154 valence electrons. The molecule has 0 spiro atoms. The lowest BCUT2D eigenvalue weighted by Crippen LogP contribution is -2.29. The van der Waals surface area contributed by atoms with Crippen molar-refractivity contribution in [1.29, 1.82) is 0 Å². The molecule has 0 atom stereocenters. The summed E-state index contributed by atoms with van der Waals surface area (Å²) in [4.78, 5) is 28.1. The van der Waals surface area contributed by atoms with Gasteiger partial charge in [0.05, 0.1) is 30.4 Å². The molecule has 0 unspecified atom stereocenters. The Labute approximate surface area is 172 Å². The lowest BCUT2D eigenvalue weighted by molar-refractivity contribution is -0.384. The van der Waals surface area contributed by atoms with E-state index in [1.165, 1.54) is 24.8 Å². The average Bonchev–Trinajstić information content (AvgIpc) is 3.21. The molecule has 0 saturated carbocycles. The maximum absolute atomic E-state index is 12.2. The third-order valence-corrected chi connectivity index (χ3v) is 5.38. The fourth-order valence-electron chi connectivity index (χ4n) is 3.81. The quantitative estimate of drug-likeness (QED) is 0.387. The summed E-state index contributed by atoms with van der Waals surface area (Å²) < 4.78 is 10.2. The molecule has 3 aromatic rings. The van der Waals surface area contributed by atoms with Gasteiger partial charge in [0.2, 0.25) is 0 Å². The predicted octanol–water partition coefficient (Wildman–Crippen LogP) is 4.17. The van der Waals surface area contributed by atoms with E-state index in [0.29, 0.717) is 18.8 Å². The zero-order chi connectivity index (χ0) is 21.3. The Kier molecular flexibility index (Phi) is 5.14. The number of nitro benzene ring substituents is 1. The third kappa shape index (κ3) is 3.47. The van der Waals surface area contributed by atoms with Gasteiger partial charge in [-0.15, -0.1) is 0 Å². The van der Waals surface area contributed by atoms with Gasteiger partial charge in [-0.05, 0) is 36.3 Å². The van der Waals surface area contributed by atoms with E-state index < -0.39 is 10.9 Å². The molecule has 0 bridgehead atoms. The molecule has 0 fully saturated rings. The van der Waals surface area contributed by atoms with Gasteiger partial charge in [-0.25, -0.2) is 4.79 Å². The zero-order valence-corrected chi connectivity index (χ0v) is 16.7. The Hall–Kier alpha value is -3.81. The lowest BCUT2D eigenvalue weighted by Gasteiger charge is -2.29. The lowest BCUT2D eigenvalue weighted by atomic mass is 9.98. The molecule has 4 rings (SSSR count). The largest absolute Gasteiger partial charge is 0.497 e. The van der Waals surface area contributed by atoms with Crippen LogP contribution in [0.2, 0.25) is 0 Å². The number of nitro groups is 1. The summed E-state index contributed by atoms with van der Waals surface area (Å²) in [6.45, 7) is 1.25. The number of nitrogens with zero attached hydrogens (tertiary/aromatic N) is 2. The number of hydrogen-bond acceptors (Lipinski definition) is 6. The van der Waals surface area contributed by atoms with Gasteiger partial charge in [0.15, 0.2) is 0 Å². The summed E-state index contributed by atoms with van der Waals surface area (Å²) in [6.07, 6.45) is 4.88. The Balaban J connectivity index is 1.64. The average molecular weight is 407 g/mol. The number of rotatable bonds is 5. The van der Waals surface area contributed by atoms with Crippen LogP contribution in [-0.2, 0) is 4.74 Å². The van der Waals surface area contributed by atoms with Crippen molar-refractivity contribution >= 4 is 33.8 Å². The molecule has 0 radical (unpaired) electrons. The summed E-state index contributed by atoms with van der Waals surface area (Å²) in [6, 6.07) is 10.2. The molecule has 1 N–H and O–H groups in total. The number of H-pyrrole nitrogens is 1. The maximum atomic E-state index is 12.2. The number of aromatic amines is 1. The smallest absolute Gasteiger partial charge is 0.340 e. The summed E-state index contributed by atoms with van der Waals surface area (Å²) in [5.41, 5.74) is 4.05. The Bertz CT molecular complexity index is 1160. The summed E-state index contributed by atoms with van der Waals surface area (Å²) >= 11 is 0. The van der Waals surface area contributed by atoms with Crippen LogP contribution >= 0.6 is 0 Å². The van der Waals surface area contributed by atoms with Crippen molar-refractivity contribution in [2.75, 3.05) is 32.2 Å². The number of esters is 1. The topological polar surface area (TPSA) is 97.7 Å². The number of carbonyl (C=O) groups is 1. The van der Waals surface area contributed by atoms with E-state index in [9.17, 15) is 14.9 Å². The number of methoxy groups -OCH3 is 2. The van der Waals surface area contributed by atoms with Gasteiger partial charge < -0.3 is 19.4 Å². The number of hydrogen-bond donors (Lipinski definition) is 1. The SMILES string of the molecule is COC(=O)c1cc([N+](=O)[O-])ccc1N1CC=C(c2c[nH]c3ccc(OC)cc23)CC1. The van der Waals surface area contributed by atoms with Crippen molar-refractivity contribution in [3.8, 4) is 5.75 Å². The normalized spacial score (nSPS) is 13.8. The van der Waals surface area contributed by atoms with Crippen molar-refractivity contribution in [3.63, 3.8) is 0 Å². The van der Waals surface area contributed by atoms with E-state index in [-0.39, 0.29) is 11.3 Å². The van der Waals surface area contributed by atoms with Crippen molar-refractivity contribution in [2.45, 2.75) is 6.42 Å². The first-order valence-corrected chi connectivity index (χ1v) is 9.48. The van der Waals surface area contributed by atoms with Crippen LogP contribution in [0, 0.1) is 10.1 Å². The predicted molar refractivity (Wildman–Crippen MR) is 114 cm³/mol. The molecule has 0 aliphatic carbocycles. The highest BCUT2D eigenvalue weighted by Crippen LogP contribution is 2.34. The first-order valence-electron chi connectivity index (χ1n) is 9.48. The molecule has 2 aromatic carbocycles. The van der Waals surface area contributed by atoms with Crippen LogP contribution in [0.4, 0.5) is 11.4 Å². The van der Waals surface area contributed by atoms with Gasteiger partial charge in [-0.2, -0.15) is 0 Å². The molecule has 0 amide bonds. The van der Waals surface area contributed by atoms with Crippen LogP contribution in [0.15, 0.2) is 48.7 Å². The highest BCUT2D eigenvalue weighted by atomic mass is 16.6. The van der Waals surface area contributed by atoms with E-state index in [1.807, 2.05) is 29.3 Å². The van der Waals surface area contributed by atoms with Crippen molar-refractivity contribution in [3.05, 3.63) is 69.9 Å². The van der Waals surface area contributed by atoms with Gasteiger partial charge in [0.25, 0.3) is 5.69 Å². The minimum Gasteiger partial charge on any atom is -0.497 e. The van der Waals surface area contributed by atoms with Gasteiger partial charge >= 0.3 is 5.97 Å². The third-order valence-electron chi connectivity index (χ3n) is 5.38. The molecule has 2 heterocycles. The summed E-state index contributed by atoms with van der Waals surface area (Å²) in [7, 11) is 2.92. The second-order valence-corrected chi connectivity index (χ2v) is 6.99. The number of carbonyl (C=O) groups excluding carboxylic acids is 1. The highest BCUT2D eigenvalue weighted by Gasteiger charge is 2.23. The second-order valence-electron chi connectivity index (χ2n) is 6.99. The van der Waals surface area contributed by atoms with Crippen LogP contribution in [0.5, 0.6) is 5.75 Å². The molecule has 8 heteroatoms. The maximum Gasteiger partial charge on any atom is 0.340 e. The standard InChI is InChI=1S/C22H21N3O5/c1-29-16-4-5-20-17(12-16)19(13-23-20)14-7-9-24(10-8-14)21-6-3-15(25(27)28)11-18(21)22(26)30-2/h3-7,11-13,23H,8-10H2,1-2H3. The van der Waals surface area contributed by atoms with Gasteiger partial charge in [-0.1, -0.05) is 6.08 Å². The summed E-state index contributed by atoms with van der Waals surface area (Å²) in [5, 5.41) is 12.2. The van der Waals surface area contributed by atoms with Crippen LogP contribution in [0.25, 0.3) is 16.5 Å². The Morgan fingerprint density at radius 2 is 2.03 bits per heavy atom. The van der Waals surface area contributed by atoms with Gasteiger partial charge in [0.1, 0.15) is 5.75 Å². The molecule has 0 saturated heterocycles.